The van der Waals surface area contributed by atoms with E-state index in [1.54, 1.807) is 0 Å². The number of benzene rings is 1. The van der Waals surface area contributed by atoms with E-state index in [-0.39, 0.29) is 6.03 Å². The van der Waals surface area contributed by atoms with Crippen molar-refractivity contribution < 1.29 is 4.79 Å². The number of rotatable bonds is 2. The van der Waals surface area contributed by atoms with E-state index < -0.39 is 0 Å². The molecule has 0 spiro atoms. The van der Waals surface area contributed by atoms with Gasteiger partial charge in [0.2, 0.25) is 0 Å². The largest absolute Gasteiger partial charge is 0.334 e. The smallest absolute Gasteiger partial charge is 0.317 e. The third kappa shape index (κ3) is 2.35. The monoisotopic (exact) mass is 244 g/mol. The lowest BCUT2D eigenvalue weighted by Crippen LogP contribution is -2.54. The van der Waals surface area contributed by atoms with Crippen molar-refractivity contribution in [3.63, 3.8) is 0 Å². The maximum absolute atomic E-state index is 12.2. The van der Waals surface area contributed by atoms with Crippen molar-refractivity contribution in [2.45, 2.75) is 38.3 Å². The molecule has 2 bridgehead atoms. The summed E-state index contributed by atoms with van der Waals surface area (Å²) in [6, 6.07) is 10.7. The lowest BCUT2D eigenvalue weighted by Gasteiger charge is -2.45. The summed E-state index contributed by atoms with van der Waals surface area (Å²) in [6.07, 6.45) is 5.02. The van der Waals surface area contributed by atoms with Crippen LogP contribution in [0, 0.1) is 5.92 Å². The summed E-state index contributed by atoms with van der Waals surface area (Å²) >= 11 is 0. The first-order valence-corrected chi connectivity index (χ1v) is 6.91. The third-order valence-electron chi connectivity index (χ3n) is 4.26. The van der Waals surface area contributed by atoms with Gasteiger partial charge < -0.3 is 10.2 Å². The zero-order valence-corrected chi connectivity index (χ0v) is 10.6. The van der Waals surface area contributed by atoms with Crippen LogP contribution in [-0.4, -0.2) is 23.5 Å². The quantitative estimate of drug-likeness (QED) is 0.852. The van der Waals surface area contributed by atoms with E-state index in [1.807, 2.05) is 30.3 Å². The molecule has 18 heavy (non-hydrogen) atoms. The topological polar surface area (TPSA) is 32.3 Å². The second kappa shape index (κ2) is 5.01. The van der Waals surface area contributed by atoms with Gasteiger partial charge in [0, 0.05) is 19.1 Å². The fourth-order valence-electron chi connectivity index (χ4n) is 3.19. The molecule has 2 amide bonds. The highest BCUT2D eigenvalue weighted by molar-refractivity contribution is 5.74. The number of nitrogens with one attached hydrogen (secondary N) is 1. The number of hydrogen-bond acceptors (Lipinski definition) is 1. The molecule has 3 heteroatoms. The summed E-state index contributed by atoms with van der Waals surface area (Å²) in [5.41, 5.74) is 1.16. The van der Waals surface area contributed by atoms with E-state index in [0.717, 1.165) is 18.0 Å². The SMILES string of the molecule is O=C(NCc1ccccc1)N1CC2CCC1CC2. The highest BCUT2D eigenvalue weighted by Crippen LogP contribution is 2.34. The van der Waals surface area contributed by atoms with Crippen LogP contribution in [0.4, 0.5) is 4.79 Å². The van der Waals surface area contributed by atoms with Crippen LogP contribution in [0.15, 0.2) is 30.3 Å². The Labute approximate surface area is 108 Å². The van der Waals surface area contributed by atoms with Crippen molar-refractivity contribution in [2.24, 2.45) is 5.92 Å². The van der Waals surface area contributed by atoms with Gasteiger partial charge in [-0.3, -0.25) is 0 Å². The summed E-state index contributed by atoms with van der Waals surface area (Å²) in [5, 5.41) is 3.04. The van der Waals surface area contributed by atoms with Crippen molar-refractivity contribution >= 4 is 6.03 Å². The molecule has 1 aromatic carbocycles. The Morgan fingerprint density at radius 3 is 2.50 bits per heavy atom. The Kier molecular flexibility index (Phi) is 3.22. The zero-order valence-electron chi connectivity index (χ0n) is 10.6. The molecule has 3 nitrogen and oxygen atoms in total. The van der Waals surface area contributed by atoms with E-state index in [0.29, 0.717) is 12.6 Å². The van der Waals surface area contributed by atoms with Crippen molar-refractivity contribution in [3.05, 3.63) is 35.9 Å². The molecule has 0 unspecified atom stereocenters. The maximum Gasteiger partial charge on any atom is 0.317 e. The lowest BCUT2D eigenvalue weighted by atomic mass is 9.80. The van der Waals surface area contributed by atoms with E-state index >= 15 is 0 Å². The number of carbonyl (C=O) groups excluding carboxylic acids is 1. The van der Waals surface area contributed by atoms with Crippen LogP contribution in [0.2, 0.25) is 0 Å². The average Bonchev–Trinajstić information content (AvgIpc) is 2.47. The number of nitrogens with zero attached hydrogens (tertiary/aromatic N) is 1. The minimum atomic E-state index is 0.119. The number of piperidine rings is 2. The number of hydrogen-bond donors (Lipinski definition) is 1. The average molecular weight is 244 g/mol. The van der Waals surface area contributed by atoms with Crippen LogP contribution in [0.5, 0.6) is 0 Å². The Balaban J connectivity index is 1.56. The third-order valence-corrected chi connectivity index (χ3v) is 4.26. The molecule has 3 fully saturated rings. The second-order valence-electron chi connectivity index (χ2n) is 5.47. The zero-order chi connectivity index (χ0) is 12.4. The molecule has 1 aromatic rings. The number of amides is 2. The fourth-order valence-corrected chi connectivity index (χ4v) is 3.19. The molecule has 2 aliphatic heterocycles. The molecular weight excluding hydrogens is 224 g/mol. The van der Waals surface area contributed by atoms with E-state index in [2.05, 4.69) is 10.2 Å². The summed E-state index contributed by atoms with van der Waals surface area (Å²) < 4.78 is 0. The van der Waals surface area contributed by atoms with Gasteiger partial charge in [-0.05, 0) is 37.2 Å². The molecule has 0 atom stereocenters. The predicted molar refractivity (Wildman–Crippen MR) is 71.1 cm³/mol. The molecule has 0 radical (unpaired) electrons. The molecule has 96 valence electrons. The second-order valence-corrected chi connectivity index (χ2v) is 5.47. The Morgan fingerprint density at radius 1 is 1.17 bits per heavy atom. The van der Waals surface area contributed by atoms with Gasteiger partial charge >= 0.3 is 6.03 Å². The van der Waals surface area contributed by atoms with E-state index in [1.165, 1.54) is 25.7 Å². The van der Waals surface area contributed by atoms with Crippen molar-refractivity contribution in [1.82, 2.24) is 10.2 Å². The molecule has 0 aromatic heterocycles. The fraction of sp³-hybridized carbons (Fsp3) is 0.533. The number of urea groups is 1. The normalized spacial score (nSPS) is 26.1. The van der Waals surface area contributed by atoms with Crippen LogP contribution in [-0.2, 0) is 6.54 Å². The van der Waals surface area contributed by atoms with Gasteiger partial charge in [0.1, 0.15) is 0 Å². The maximum atomic E-state index is 12.2. The van der Waals surface area contributed by atoms with Crippen molar-refractivity contribution in [1.29, 1.82) is 0 Å². The van der Waals surface area contributed by atoms with Gasteiger partial charge in [-0.2, -0.15) is 0 Å². The van der Waals surface area contributed by atoms with Crippen molar-refractivity contribution in [2.75, 3.05) is 6.54 Å². The number of fused-ring (bicyclic) bond motifs is 3. The minimum Gasteiger partial charge on any atom is -0.334 e. The molecule has 1 saturated carbocycles. The van der Waals surface area contributed by atoms with Gasteiger partial charge in [0.15, 0.2) is 0 Å². The molecular formula is C15H20N2O. The van der Waals surface area contributed by atoms with Crippen LogP contribution in [0.25, 0.3) is 0 Å². The molecule has 1 N–H and O–H groups in total. The van der Waals surface area contributed by atoms with Crippen LogP contribution in [0.3, 0.4) is 0 Å². The molecule has 4 rings (SSSR count). The standard InChI is InChI=1S/C15H20N2O/c18-15(16-10-12-4-2-1-3-5-12)17-11-13-6-8-14(17)9-7-13/h1-5,13-14H,6-11H2,(H,16,18). The first kappa shape index (κ1) is 11.6. The van der Waals surface area contributed by atoms with E-state index in [9.17, 15) is 4.79 Å². The molecule has 2 heterocycles. The van der Waals surface area contributed by atoms with Gasteiger partial charge in [-0.15, -0.1) is 0 Å². The highest BCUT2D eigenvalue weighted by Gasteiger charge is 2.36. The molecule has 2 saturated heterocycles. The Bertz CT molecular complexity index is 410. The highest BCUT2D eigenvalue weighted by atomic mass is 16.2. The van der Waals surface area contributed by atoms with Gasteiger partial charge in [0.25, 0.3) is 0 Å². The van der Waals surface area contributed by atoms with Gasteiger partial charge in [0.05, 0.1) is 0 Å². The van der Waals surface area contributed by atoms with E-state index in [4.69, 9.17) is 0 Å². The summed E-state index contributed by atoms with van der Waals surface area (Å²) in [7, 11) is 0. The summed E-state index contributed by atoms with van der Waals surface area (Å²) in [5.74, 6) is 0.748. The molecule has 1 aliphatic carbocycles. The van der Waals surface area contributed by atoms with Gasteiger partial charge in [-0.1, -0.05) is 30.3 Å². The predicted octanol–water partition coefficient (Wildman–Crippen LogP) is 2.77. The van der Waals surface area contributed by atoms with Crippen LogP contribution >= 0.6 is 0 Å². The van der Waals surface area contributed by atoms with Crippen LogP contribution < -0.4 is 5.32 Å². The first-order valence-electron chi connectivity index (χ1n) is 6.91. The number of carbonyl (C=O) groups is 1. The lowest BCUT2D eigenvalue weighted by molar-refractivity contribution is 0.0747. The summed E-state index contributed by atoms with van der Waals surface area (Å²) in [4.78, 5) is 14.2. The first-order chi connectivity index (χ1) is 8.83. The van der Waals surface area contributed by atoms with Crippen LogP contribution in [0.1, 0.15) is 31.2 Å². The minimum absolute atomic E-state index is 0.119. The van der Waals surface area contributed by atoms with Crippen molar-refractivity contribution in [3.8, 4) is 0 Å². The summed E-state index contributed by atoms with van der Waals surface area (Å²) in [6.45, 7) is 1.60. The Morgan fingerprint density at radius 2 is 1.89 bits per heavy atom. The van der Waals surface area contributed by atoms with Gasteiger partial charge in [-0.25, -0.2) is 4.79 Å². The molecule has 3 aliphatic rings. The Hall–Kier alpha value is -1.51.